The van der Waals surface area contributed by atoms with Crippen molar-refractivity contribution in [2.45, 2.75) is 40.2 Å². The summed E-state index contributed by atoms with van der Waals surface area (Å²) in [5.74, 6) is -1.59. The molecule has 1 amide bonds. The molecular formula is C14H27NO5. The average Bonchev–Trinajstić information content (AvgIpc) is 2.36. The summed E-state index contributed by atoms with van der Waals surface area (Å²) < 4.78 is 10.6. The van der Waals surface area contributed by atoms with E-state index < -0.39 is 11.9 Å². The van der Waals surface area contributed by atoms with Gasteiger partial charge in [-0.2, -0.15) is 0 Å². The van der Waals surface area contributed by atoms with Crippen LogP contribution in [0.5, 0.6) is 0 Å². The third kappa shape index (κ3) is 8.87. The van der Waals surface area contributed by atoms with Crippen molar-refractivity contribution in [3.63, 3.8) is 0 Å². The maximum Gasteiger partial charge on any atom is 0.308 e. The number of carboxylic acids is 1. The Morgan fingerprint density at radius 1 is 1.20 bits per heavy atom. The molecule has 0 fully saturated rings. The molecule has 0 spiro atoms. The topological polar surface area (TPSA) is 76.1 Å². The number of hydrogen-bond donors (Lipinski definition) is 1. The SMILES string of the molecule is CCOCCN(CC(C)C(=O)O)C(=O)CCOC(C)C. The number of carbonyl (C=O) groups is 2. The number of amides is 1. The molecule has 20 heavy (non-hydrogen) atoms. The molecule has 0 heterocycles. The normalized spacial score (nSPS) is 12.4. The molecule has 6 nitrogen and oxygen atoms in total. The van der Waals surface area contributed by atoms with Crippen LogP contribution in [-0.4, -0.2) is 60.9 Å². The highest BCUT2D eigenvalue weighted by Crippen LogP contribution is 2.04. The van der Waals surface area contributed by atoms with Crippen molar-refractivity contribution in [1.29, 1.82) is 0 Å². The van der Waals surface area contributed by atoms with Gasteiger partial charge in [0, 0.05) is 19.7 Å². The second-order valence-corrected chi connectivity index (χ2v) is 4.95. The Morgan fingerprint density at radius 3 is 2.35 bits per heavy atom. The van der Waals surface area contributed by atoms with Gasteiger partial charge in [-0.1, -0.05) is 6.92 Å². The molecule has 118 valence electrons. The fourth-order valence-electron chi connectivity index (χ4n) is 1.59. The lowest BCUT2D eigenvalue weighted by Crippen LogP contribution is -2.39. The van der Waals surface area contributed by atoms with E-state index >= 15 is 0 Å². The highest BCUT2D eigenvalue weighted by Gasteiger charge is 2.20. The van der Waals surface area contributed by atoms with E-state index in [4.69, 9.17) is 14.6 Å². The van der Waals surface area contributed by atoms with Crippen LogP contribution in [-0.2, 0) is 19.1 Å². The quantitative estimate of drug-likeness (QED) is 0.582. The first-order valence-electron chi connectivity index (χ1n) is 7.08. The molecule has 0 bridgehead atoms. The number of nitrogens with zero attached hydrogens (tertiary/aromatic N) is 1. The van der Waals surface area contributed by atoms with Crippen LogP contribution >= 0.6 is 0 Å². The molecule has 1 N–H and O–H groups in total. The van der Waals surface area contributed by atoms with Crippen molar-refractivity contribution in [3.8, 4) is 0 Å². The Labute approximate surface area is 121 Å². The summed E-state index contributed by atoms with van der Waals surface area (Å²) >= 11 is 0. The predicted molar refractivity (Wildman–Crippen MR) is 75.6 cm³/mol. The zero-order chi connectivity index (χ0) is 15.5. The summed E-state index contributed by atoms with van der Waals surface area (Å²) in [5.41, 5.74) is 0. The summed E-state index contributed by atoms with van der Waals surface area (Å²) in [6, 6.07) is 0. The van der Waals surface area contributed by atoms with Gasteiger partial charge in [-0.3, -0.25) is 9.59 Å². The van der Waals surface area contributed by atoms with Gasteiger partial charge in [0.2, 0.25) is 5.91 Å². The largest absolute Gasteiger partial charge is 0.481 e. The van der Waals surface area contributed by atoms with Gasteiger partial charge in [-0.05, 0) is 20.8 Å². The predicted octanol–water partition coefficient (Wildman–Crippen LogP) is 1.39. The van der Waals surface area contributed by atoms with Gasteiger partial charge in [0.15, 0.2) is 0 Å². The maximum absolute atomic E-state index is 12.1. The average molecular weight is 289 g/mol. The Morgan fingerprint density at radius 2 is 1.85 bits per heavy atom. The van der Waals surface area contributed by atoms with E-state index in [-0.39, 0.29) is 25.0 Å². The van der Waals surface area contributed by atoms with Crippen molar-refractivity contribution in [2.24, 2.45) is 5.92 Å². The van der Waals surface area contributed by atoms with Crippen LogP contribution in [0, 0.1) is 5.92 Å². The molecular weight excluding hydrogens is 262 g/mol. The summed E-state index contributed by atoms with van der Waals surface area (Å²) in [6.07, 6.45) is 0.342. The van der Waals surface area contributed by atoms with Gasteiger partial charge < -0.3 is 19.5 Å². The number of hydrogen-bond acceptors (Lipinski definition) is 4. The van der Waals surface area contributed by atoms with Crippen LogP contribution in [0.3, 0.4) is 0 Å². The third-order valence-electron chi connectivity index (χ3n) is 2.75. The number of aliphatic carboxylic acids is 1. The lowest BCUT2D eigenvalue weighted by atomic mass is 10.1. The molecule has 0 aliphatic carbocycles. The van der Waals surface area contributed by atoms with Crippen molar-refractivity contribution in [3.05, 3.63) is 0 Å². The summed E-state index contributed by atoms with van der Waals surface area (Å²) in [7, 11) is 0. The fraction of sp³-hybridized carbons (Fsp3) is 0.857. The van der Waals surface area contributed by atoms with E-state index in [1.165, 1.54) is 4.90 Å². The first kappa shape index (κ1) is 18.9. The molecule has 0 aliphatic heterocycles. The monoisotopic (exact) mass is 289 g/mol. The molecule has 0 radical (unpaired) electrons. The van der Waals surface area contributed by atoms with Gasteiger partial charge >= 0.3 is 5.97 Å². The van der Waals surface area contributed by atoms with Crippen molar-refractivity contribution < 1.29 is 24.2 Å². The van der Waals surface area contributed by atoms with Crippen LogP contribution in [0.2, 0.25) is 0 Å². The van der Waals surface area contributed by atoms with Gasteiger partial charge in [-0.15, -0.1) is 0 Å². The number of carbonyl (C=O) groups excluding carboxylic acids is 1. The summed E-state index contributed by atoms with van der Waals surface area (Å²) in [5, 5.41) is 8.94. The highest BCUT2D eigenvalue weighted by atomic mass is 16.5. The molecule has 0 aromatic rings. The number of ether oxygens (including phenoxy) is 2. The van der Waals surface area contributed by atoms with Gasteiger partial charge in [0.05, 0.1) is 31.7 Å². The van der Waals surface area contributed by atoms with Gasteiger partial charge in [0.1, 0.15) is 0 Å². The zero-order valence-electron chi connectivity index (χ0n) is 12.9. The summed E-state index contributed by atoms with van der Waals surface area (Å²) in [4.78, 5) is 24.5. The third-order valence-corrected chi connectivity index (χ3v) is 2.75. The maximum atomic E-state index is 12.1. The molecule has 0 rings (SSSR count). The minimum absolute atomic E-state index is 0.0811. The molecule has 1 unspecified atom stereocenters. The zero-order valence-corrected chi connectivity index (χ0v) is 12.9. The second kappa shape index (κ2) is 10.6. The molecule has 0 saturated heterocycles. The van der Waals surface area contributed by atoms with Crippen molar-refractivity contribution >= 4 is 11.9 Å². The molecule has 6 heteroatoms. The fourth-order valence-corrected chi connectivity index (χ4v) is 1.59. The van der Waals surface area contributed by atoms with Crippen LogP contribution in [0.1, 0.15) is 34.1 Å². The van der Waals surface area contributed by atoms with E-state index in [9.17, 15) is 9.59 Å². The standard InChI is InChI=1S/C14H27NO5/c1-5-19-9-7-15(10-12(4)14(17)18)13(16)6-8-20-11(2)3/h11-12H,5-10H2,1-4H3,(H,17,18). The lowest BCUT2D eigenvalue weighted by Gasteiger charge is -2.24. The molecule has 0 aliphatic rings. The Hall–Kier alpha value is -1.14. The first-order valence-corrected chi connectivity index (χ1v) is 7.08. The van der Waals surface area contributed by atoms with Crippen LogP contribution in [0.25, 0.3) is 0 Å². The molecule has 0 aromatic heterocycles. The number of rotatable bonds is 11. The van der Waals surface area contributed by atoms with E-state index in [0.717, 1.165) is 0 Å². The second-order valence-electron chi connectivity index (χ2n) is 4.95. The van der Waals surface area contributed by atoms with Gasteiger partial charge in [0.25, 0.3) is 0 Å². The molecule has 0 saturated carbocycles. The van der Waals surface area contributed by atoms with Crippen LogP contribution < -0.4 is 0 Å². The Kier molecular flexibility index (Phi) is 10.0. The van der Waals surface area contributed by atoms with E-state index in [2.05, 4.69) is 0 Å². The van der Waals surface area contributed by atoms with Crippen molar-refractivity contribution in [2.75, 3.05) is 32.9 Å². The Bertz CT molecular complexity index is 293. The summed E-state index contributed by atoms with van der Waals surface area (Å²) in [6.45, 7) is 9.23. The van der Waals surface area contributed by atoms with E-state index in [1.807, 2.05) is 20.8 Å². The molecule has 0 aromatic carbocycles. The highest BCUT2D eigenvalue weighted by molar-refractivity contribution is 5.77. The van der Waals surface area contributed by atoms with Crippen LogP contribution in [0.15, 0.2) is 0 Å². The van der Waals surface area contributed by atoms with Crippen LogP contribution in [0.4, 0.5) is 0 Å². The van der Waals surface area contributed by atoms with E-state index in [1.54, 1.807) is 6.92 Å². The van der Waals surface area contributed by atoms with E-state index in [0.29, 0.717) is 26.4 Å². The molecule has 1 atom stereocenters. The minimum Gasteiger partial charge on any atom is -0.481 e. The number of carboxylic acid groups (broad SMARTS) is 1. The van der Waals surface area contributed by atoms with Gasteiger partial charge in [-0.25, -0.2) is 0 Å². The Balaban J connectivity index is 4.33. The minimum atomic E-state index is -0.905. The smallest absolute Gasteiger partial charge is 0.308 e. The lowest BCUT2D eigenvalue weighted by molar-refractivity contribution is -0.143. The van der Waals surface area contributed by atoms with Crippen molar-refractivity contribution in [1.82, 2.24) is 4.90 Å². The first-order chi connectivity index (χ1) is 9.38.